The van der Waals surface area contributed by atoms with E-state index in [0.717, 1.165) is 12.5 Å². The Labute approximate surface area is 123 Å². The van der Waals surface area contributed by atoms with Crippen LogP contribution >= 0.6 is 11.6 Å². The minimum Gasteiger partial charge on any atom is -0.204 e. The first-order valence-electron chi connectivity index (χ1n) is 6.64. The molecule has 0 radical (unpaired) electrons. The number of alkyl halides is 1. The van der Waals surface area contributed by atoms with Crippen molar-refractivity contribution in [2.24, 2.45) is 5.92 Å². The molecule has 0 N–H and O–H groups in total. The molecular formula is C17H17ClF2. The molecule has 0 spiro atoms. The maximum atomic E-state index is 13.7. The van der Waals surface area contributed by atoms with Crippen LogP contribution in [0, 0.1) is 24.5 Å². The van der Waals surface area contributed by atoms with Gasteiger partial charge in [-0.15, -0.1) is 11.6 Å². The van der Waals surface area contributed by atoms with Gasteiger partial charge in [-0.25, -0.2) is 8.78 Å². The van der Waals surface area contributed by atoms with E-state index >= 15 is 0 Å². The van der Waals surface area contributed by atoms with Crippen LogP contribution in [0.5, 0.6) is 0 Å². The summed E-state index contributed by atoms with van der Waals surface area (Å²) in [5.41, 5.74) is 2.75. The first-order chi connectivity index (χ1) is 9.60. The molecule has 0 aromatic heterocycles. The molecule has 0 heterocycles. The maximum absolute atomic E-state index is 13.7. The molecular weight excluding hydrogens is 278 g/mol. The summed E-state index contributed by atoms with van der Waals surface area (Å²) >= 11 is 5.98. The minimum absolute atomic E-state index is 0.0924. The van der Waals surface area contributed by atoms with Crippen LogP contribution in [-0.2, 0) is 12.8 Å². The highest BCUT2D eigenvalue weighted by Gasteiger charge is 2.14. The predicted octanol–water partition coefficient (Wildman–Crippen LogP) is 4.91. The van der Waals surface area contributed by atoms with E-state index in [4.69, 9.17) is 11.6 Å². The lowest BCUT2D eigenvalue weighted by molar-refractivity contribution is 0.483. The highest BCUT2D eigenvalue weighted by atomic mass is 35.5. The number of hydrogen-bond donors (Lipinski definition) is 0. The van der Waals surface area contributed by atoms with Crippen molar-refractivity contribution in [3.63, 3.8) is 0 Å². The van der Waals surface area contributed by atoms with E-state index in [1.165, 1.54) is 17.2 Å². The van der Waals surface area contributed by atoms with Crippen molar-refractivity contribution >= 4 is 11.6 Å². The van der Waals surface area contributed by atoms with Crippen molar-refractivity contribution < 1.29 is 8.78 Å². The summed E-state index contributed by atoms with van der Waals surface area (Å²) in [4.78, 5) is 0. The second-order valence-electron chi connectivity index (χ2n) is 5.13. The zero-order chi connectivity index (χ0) is 14.5. The molecule has 3 heteroatoms. The number of benzene rings is 2. The summed E-state index contributed by atoms with van der Waals surface area (Å²) in [6.45, 7) is 2.03. The second kappa shape index (κ2) is 6.85. The third kappa shape index (κ3) is 3.80. The largest absolute Gasteiger partial charge is 0.204 e. The van der Waals surface area contributed by atoms with Crippen molar-refractivity contribution in [1.29, 1.82) is 0 Å². The lowest BCUT2D eigenvalue weighted by Crippen LogP contribution is -2.12. The Bertz CT molecular complexity index is 581. The van der Waals surface area contributed by atoms with Crippen molar-refractivity contribution in [3.8, 4) is 0 Å². The summed E-state index contributed by atoms with van der Waals surface area (Å²) in [6.07, 6.45) is 1.21. The van der Waals surface area contributed by atoms with Crippen LogP contribution in [-0.4, -0.2) is 5.88 Å². The lowest BCUT2D eigenvalue weighted by Gasteiger charge is -2.15. The number of hydrogen-bond acceptors (Lipinski definition) is 0. The van der Waals surface area contributed by atoms with Gasteiger partial charge in [0, 0.05) is 5.88 Å². The monoisotopic (exact) mass is 294 g/mol. The van der Waals surface area contributed by atoms with E-state index < -0.39 is 11.6 Å². The molecule has 0 aliphatic heterocycles. The van der Waals surface area contributed by atoms with Gasteiger partial charge in [-0.1, -0.05) is 42.0 Å². The molecule has 1 unspecified atom stereocenters. The fourth-order valence-corrected chi connectivity index (χ4v) is 2.59. The van der Waals surface area contributed by atoms with E-state index in [1.54, 1.807) is 6.07 Å². The summed E-state index contributed by atoms with van der Waals surface area (Å²) in [6, 6.07) is 12.5. The zero-order valence-electron chi connectivity index (χ0n) is 11.4. The van der Waals surface area contributed by atoms with E-state index in [-0.39, 0.29) is 5.92 Å². The Balaban J connectivity index is 2.11. The van der Waals surface area contributed by atoms with Crippen LogP contribution in [0.2, 0.25) is 0 Å². The highest BCUT2D eigenvalue weighted by molar-refractivity contribution is 6.18. The highest BCUT2D eigenvalue weighted by Crippen LogP contribution is 2.20. The normalized spacial score (nSPS) is 12.4. The molecule has 0 bridgehead atoms. The molecule has 0 aliphatic carbocycles. The van der Waals surface area contributed by atoms with Crippen LogP contribution in [0.25, 0.3) is 0 Å². The third-order valence-corrected chi connectivity index (χ3v) is 3.80. The maximum Gasteiger partial charge on any atom is 0.162 e. The van der Waals surface area contributed by atoms with Crippen LogP contribution in [0.3, 0.4) is 0 Å². The quantitative estimate of drug-likeness (QED) is 0.687. The van der Waals surface area contributed by atoms with Crippen molar-refractivity contribution in [1.82, 2.24) is 0 Å². The summed E-state index contributed by atoms with van der Waals surface area (Å²) in [5, 5.41) is 0. The molecule has 2 aromatic rings. The lowest BCUT2D eigenvalue weighted by atomic mass is 9.93. The summed E-state index contributed by atoms with van der Waals surface area (Å²) < 4.78 is 26.9. The average Bonchev–Trinajstić information content (AvgIpc) is 2.43. The topological polar surface area (TPSA) is 0 Å². The number of aryl methyl sites for hydroxylation is 1. The standard InChI is InChI=1S/C17H17ClF2/c1-12-4-2-5-13(8-12)9-14(11-18)10-15-6-3-7-16(19)17(15)20/h2-8,14H,9-11H2,1H3. The second-order valence-corrected chi connectivity index (χ2v) is 5.44. The molecule has 0 saturated carbocycles. The van der Waals surface area contributed by atoms with E-state index in [2.05, 4.69) is 6.07 Å². The molecule has 0 saturated heterocycles. The molecule has 106 valence electrons. The predicted molar refractivity (Wildman–Crippen MR) is 79.2 cm³/mol. The van der Waals surface area contributed by atoms with Gasteiger partial charge in [-0.2, -0.15) is 0 Å². The summed E-state index contributed by atoms with van der Waals surface area (Å²) in [5.74, 6) is -1.04. The smallest absolute Gasteiger partial charge is 0.162 e. The number of rotatable bonds is 5. The molecule has 20 heavy (non-hydrogen) atoms. The molecule has 2 aromatic carbocycles. The van der Waals surface area contributed by atoms with Gasteiger partial charge in [0.25, 0.3) is 0 Å². The Morgan fingerprint density at radius 2 is 1.80 bits per heavy atom. The molecule has 1 atom stereocenters. The SMILES string of the molecule is Cc1cccc(CC(CCl)Cc2cccc(F)c2F)c1. The van der Waals surface area contributed by atoms with Gasteiger partial charge in [0.05, 0.1) is 0 Å². The van der Waals surface area contributed by atoms with Gasteiger partial charge in [-0.05, 0) is 42.9 Å². The minimum atomic E-state index is -0.800. The Morgan fingerprint density at radius 3 is 2.50 bits per heavy atom. The summed E-state index contributed by atoms with van der Waals surface area (Å²) in [7, 11) is 0. The Morgan fingerprint density at radius 1 is 1.05 bits per heavy atom. The van der Waals surface area contributed by atoms with E-state index in [9.17, 15) is 8.78 Å². The molecule has 0 fully saturated rings. The first-order valence-corrected chi connectivity index (χ1v) is 7.18. The van der Waals surface area contributed by atoms with Gasteiger partial charge in [0.1, 0.15) is 0 Å². The van der Waals surface area contributed by atoms with Crippen molar-refractivity contribution in [2.45, 2.75) is 19.8 Å². The van der Waals surface area contributed by atoms with Crippen LogP contribution in [0.15, 0.2) is 42.5 Å². The third-order valence-electron chi connectivity index (χ3n) is 3.37. The number of halogens is 3. The fraction of sp³-hybridized carbons (Fsp3) is 0.294. The first kappa shape index (κ1) is 15.0. The molecule has 0 amide bonds. The molecule has 2 rings (SSSR count). The van der Waals surface area contributed by atoms with Crippen molar-refractivity contribution in [2.75, 3.05) is 5.88 Å². The zero-order valence-corrected chi connectivity index (χ0v) is 12.1. The molecule has 0 aliphatic rings. The van der Waals surface area contributed by atoms with Crippen LogP contribution in [0.4, 0.5) is 8.78 Å². The Kier molecular flexibility index (Phi) is 5.13. The van der Waals surface area contributed by atoms with E-state index in [1.807, 2.05) is 25.1 Å². The molecule has 0 nitrogen and oxygen atoms in total. The van der Waals surface area contributed by atoms with Gasteiger partial charge >= 0.3 is 0 Å². The van der Waals surface area contributed by atoms with Gasteiger partial charge in [0.2, 0.25) is 0 Å². The van der Waals surface area contributed by atoms with Gasteiger partial charge in [-0.3, -0.25) is 0 Å². The van der Waals surface area contributed by atoms with E-state index in [0.29, 0.717) is 17.9 Å². The fourth-order valence-electron chi connectivity index (χ4n) is 2.37. The van der Waals surface area contributed by atoms with Crippen LogP contribution in [0.1, 0.15) is 16.7 Å². The van der Waals surface area contributed by atoms with Gasteiger partial charge in [0.15, 0.2) is 11.6 Å². The Hall–Kier alpha value is -1.41. The average molecular weight is 295 g/mol. The van der Waals surface area contributed by atoms with Crippen LogP contribution < -0.4 is 0 Å². The van der Waals surface area contributed by atoms with Gasteiger partial charge < -0.3 is 0 Å². The van der Waals surface area contributed by atoms with Crippen molar-refractivity contribution in [3.05, 3.63) is 70.8 Å².